The van der Waals surface area contributed by atoms with Crippen molar-refractivity contribution in [3.05, 3.63) is 23.8 Å². The normalized spacial score (nSPS) is 19.1. The van der Waals surface area contributed by atoms with E-state index in [1.165, 1.54) is 6.07 Å². The Morgan fingerprint density at radius 1 is 1.35 bits per heavy atom. The van der Waals surface area contributed by atoms with Crippen LogP contribution >= 0.6 is 0 Å². The molecule has 0 amide bonds. The summed E-state index contributed by atoms with van der Waals surface area (Å²) in [6.07, 6.45) is -4.65. The van der Waals surface area contributed by atoms with Crippen LogP contribution in [0, 0.1) is 5.92 Å². The van der Waals surface area contributed by atoms with E-state index in [0.717, 1.165) is 5.56 Å². The molecule has 94 valence electrons. The fraction of sp³-hybridized carbons (Fsp3) is 0.500. The van der Waals surface area contributed by atoms with Gasteiger partial charge in [0.05, 0.1) is 5.69 Å². The van der Waals surface area contributed by atoms with Gasteiger partial charge in [0.15, 0.2) is 5.75 Å². The lowest BCUT2D eigenvalue weighted by atomic mass is 9.90. The van der Waals surface area contributed by atoms with Gasteiger partial charge in [-0.15, -0.1) is 13.2 Å². The highest BCUT2D eigenvalue weighted by molar-refractivity contribution is 5.67. The summed E-state index contributed by atoms with van der Waals surface area (Å²) in [5, 5.41) is 3.00. The molecule has 1 aliphatic heterocycles. The minimum absolute atomic E-state index is 0.141. The molecular formula is C12H14F3NO. The molecule has 0 saturated carbocycles. The lowest BCUT2D eigenvalue weighted by molar-refractivity contribution is -0.274. The molecule has 0 radical (unpaired) electrons. The average Bonchev–Trinajstić information content (AvgIpc) is 2.59. The molecule has 0 aliphatic carbocycles. The number of benzene rings is 1. The molecule has 0 spiro atoms. The van der Waals surface area contributed by atoms with E-state index in [0.29, 0.717) is 18.2 Å². The van der Waals surface area contributed by atoms with Gasteiger partial charge in [-0.1, -0.05) is 26.0 Å². The van der Waals surface area contributed by atoms with Crippen LogP contribution in [0.2, 0.25) is 0 Å². The first kappa shape index (κ1) is 12.1. The van der Waals surface area contributed by atoms with E-state index < -0.39 is 6.36 Å². The summed E-state index contributed by atoms with van der Waals surface area (Å²) in [5.74, 6) is 0.477. The van der Waals surface area contributed by atoms with Crippen LogP contribution in [0.4, 0.5) is 18.9 Å². The molecule has 2 rings (SSSR count). The van der Waals surface area contributed by atoms with Crippen molar-refractivity contribution < 1.29 is 17.9 Å². The van der Waals surface area contributed by atoms with E-state index in [9.17, 15) is 13.2 Å². The predicted octanol–water partition coefficient (Wildman–Crippen LogP) is 3.75. The number of rotatable bonds is 2. The van der Waals surface area contributed by atoms with Crippen molar-refractivity contribution >= 4 is 5.69 Å². The van der Waals surface area contributed by atoms with E-state index in [1.807, 2.05) is 6.07 Å². The van der Waals surface area contributed by atoms with Crippen molar-refractivity contribution in [3.63, 3.8) is 0 Å². The molecule has 5 heteroatoms. The summed E-state index contributed by atoms with van der Waals surface area (Å²) in [6.45, 7) is 4.77. The standard InChI is InChI=1S/C12H14F3NO/c1-7(2)9-6-16-11-8(9)4-3-5-10(11)17-12(13,14)15/h3-5,7,9,16H,6H2,1-2H3. The van der Waals surface area contributed by atoms with E-state index in [2.05, 4.69) is 23.9 Å². The van der Waals surface area contributed by atoms with Crippen molar-refractivity contribution in [2.24, 2.45) is 5.92 Å². The predicted molar refractivity (Wildman–Crippen MR) is 59.2 cm³/mol. The number of nitrogens with one attached hydrogen (secondary N) is 1. The Morgan fingerprint density at radius 3 is 2.65 bits per heavy atom. The van der Waals surface area contributed by atoms with Crippen molar-refractivity contribution in [1.29, 1.82) is 0 Å². The van der Waals surface area contributed by atoms with Crippen molar-refractivity contribution in [2.75, 3.05) is 11.9 Å². The lowest BCUT2D eigenvalue weighted by Crippen LogP contribution is -2.17. The molecule has 0 bridgehead atoms. The SMILES string of the molecule is CC(C)C1CNc2c(OC(F)(F)F)cccc21. The molecule has 1 aromatic carbocycles. The maximum absolute atomic E-state index is 12.2. The van der Waals surface area contributed by atoms with Gasteiger partial charge < -0.3 is 10.1 Å². The van der Waals surface area contributed by atoms with Gasteiger partial charge in [0, 0.05) is 12.5 Å². The minimum atomic E-state index is -4.65. The van der Waals surface area contributed by atoms with Crippen molar-refractivity contribution in [3.8, 4) is 5.75 Å². The summed E-state index contributed by atoms with van der Waals surface area (Å²) in [4.78, 5) is 0. The van der Waals surface area contributed by atoms with Crippen LogP contribution in [0.15, 0.2) is 18.2 Å². The van der Waals surface area contributed by atoms with E-state index in [4.69, 9.17) is 0 Å². The highest BCUT2D eigenvalue weighted by Gasteiger charge is 2.34. The molecule has 0 saturated heterocycles. The molecule has 1 atom stereocenters. The Hall–Kier alpha value is -1.39. The van der Waals surface area contributed by atoms with Crippen molar-refractivity contribution in [2.45, 2.75) is 26.1 Å². The summed E-state index contributed by atoms with van der Waals surface area (Å²) >= 11 is 0. The van der Waals surface area contributed by atoms with Crippen LogP contribution in [0.1, 0.15) is 25.3 Å². The Bertz CT molecular complexity index is 415. The number of alkyl halides is 3. The molecule has 17 heavy (non-hydrogen) atoms. The van der Waals surface area contributed by atoms with Gasteiger partial charge in [0.2, 0.25) is 0 Å². The number of hydrogen-bond acceptors (Lipinski definition) is 2. The van der Waals surface area contributed by atoms with Crippen LogP contribution in [0.25, 0.3) is 0 Å². The maximum Gasteiger partial charge on any atom is 0.573 e. The van der Waals surface area contributed by atoms with Crippen LogP contribution in [-0.2, 0) is 0 Å². The Labute approximate surface area is 97.8 Å². The molecule has 2 nitrogen and oxygen atoms in total. The molecule has 1 heterocycles. The second-order valence-electron chi connectivity index (χ2n) is 4.50. The highest BCUT2D eigenvalue weighted by atomic mass is 19.4. The van der Waals surface area contributed by atoms with Gasteiger partial charge in [0.25, 0.3) is 0 Å². The molecule has 0 fully saturated rings. The molecular weight excluding hydrogens is 231 g/mol. The largest absolute Gasteiger partial charge is 0.573 e. The topological polar surface area (TPSA) is 21.3 Å². The third-order valence-electron chi connectivity index (χ3n) is 2.99. The molecule has 0 aromatic heterocycles. The molecule has 1 aromatic rings. The number of hydrogen-bond donors (Lipinski definition) is 1. The second kappa shape index (κ2) is 4.13. The minimum Gasteiger partial charge on any atom is -0.404 e. The van der Waals surface area contributed by atoms with E-state index in [-0.39, 0.29) is 11.7 Å². The highest BCUT2D eigenvalue weighted by Crippen LogP contribution is 2.42. The van der Waals surface area contributed by atoms with Crippen molar-refractivity contribution in [1.82, 2.24) is 0 Å². The van der Waals surface area contributed by atoms with Crippen LogP contribution in [-0.4, -0.2) is 12.9 Å². The number of ether oxygens (including phenoxy) is 1. The first-order valence-electron chi connectivity index (χ1n) is 5.51. The third-order valence-corrected chi connectivity index (χ3v) is 2.99. The first-order chi connectivity index (χ1) is 7.88. The fourth-order valence-corrected chi connectivity index (χ4v) is 2.17. The second-order valence-corrected chi connectivity index (χ2v) is 4.50. The summed E-state index contributed by atoms with van der Waals surface area (Å²) in [6, 6.07) is 4.79. The van der Waals surface area contributed by atoms with Gasteiger partial charge >= 0.3 is 6.36 Å². The number of para-hydroxylation sites is 1. The quantitative estimate of drug-likeness (QED) is 0.856. The van der Waals surface area contributed by atoms with E-state index in [1.54, 1.807) is 6.07 Å². The van der Waals surface area contributed by atoms with Gasteiger partial charge in [-0.05, 0) is 17.5 Å². The lowest BCUT2D eigenvalue weighted by Gasteiger charge is -2.15. The van der Waals surface area contributed by atoms with Crippen LogP contribution < -0.4 is 10.1 Å². The number of anilines is 1. The Morgan fingerprint density at radius 2 is 2.06 bits per heavy atom. The molecule has 1 unspecified atom stereocenters. The average molecular weight is 245 g/mol. The number of halogens is 3. The zero-order valence-corrected chi connectivity index (χ0v) is 9.64. The van der Waals surface area contributed by atoms with Gasteiger partial charge in [-0.25, -0.2) is 0 Å². The van der Waals surface area contributed by atoms with Crippen LogP contribution in [0.3, 0.4) is 0 Å². The van der Waals surface area contributed by atoms with Gasteiger partial charge in [-0.2, -0.15) is 0 Å². The molecule has 1 aliphatic rings. The summed E-state index contributed by atoms with van der Waals surface area (Å²) < 4.78 is 40.7. The Kier molecular flexibility index (Phi) is 2.93. The van der Waals surface area contributed by atoms with E-state index >= 15 is 0 Å². The fourth-order valence-electron chi connectivity index (χ4n) is 2.17. The zero-order chi connectivity index (χ0) is 12.6. The summed E-state index contributed by atoms with van der Waals surface area (Å²) in [7, 11) is 0. The molecule has 1 N–H and O–H groups in total. The number of fused-ring (bicyclic) bond motifs is 1. The van der Waals surface area contributed by atoms with Gasteiger partial charge in [-0.3, -0.25) is 0 Å². The van der Waals surface area contributed by atoms with Gasteiger partial charge in [0.1, 0.15) is 0 Å². The smallest absolute Gasteiger partial charge is 0.404 e. The Balaban J connectivity index is 2.33. The maximum atomic E-state index is 12.2. The summed E-state index contributed by atoms with van der Waals surface area (Å²) in [5.41, 5.74) is 1.38. The monoisotopic (exact) mass is 245 g/mol. The third kappa shape index (κ3) is 2.48. The zero-order valence-electron chi connectivity index (χ0n) is 9.64. The first-order valence-corrected chi connectivity index (χ1v) is 5.51. The van der Waals surface area contributed by atoms with Crippen LogP contribution in [0.5, 0.6) is 5.75 Å².